The maximum atomic E-state index is 12.3. The van der Waals surface area contributed by atoms with Crippen molar-refractivity contribution in [3.63, 3.8) is 0 Å². The summed E-state index contributed by atoms with van der Waals surface area (Å²) in [6.07, 6.45) is 0. The van der Waals surface area contributed by atoms with E-state index in [0.29, 0.717) is 36.9 Å². The second kappa shape index (κ2) is 9.49. The van der Waals surface area contributed by atoms with Crippen LogP contribution in [0.3, 0.4) is 0 Å². The van der Waals surface area contributed by atoms with Gasteiger partial charge in [-0.2, -0.15) is 0 Å². The van der Waals surface area contributed by atoms with Crippen LogP contribution < -0.4 is 25.0 Å². The standard InChI is InChI=1S/C22H28N4O4/c1-25(2)17-8-5-15(6-9-17)18(26(3)4)14-23-21(27)22(28)24-16-7-10-19-20(13-16)30-12-11-29-19/h5-10,13,18H,11-12,14H2,1-4H3,(H,23,27)(H,24,28)/t18-/m0/s1. The smallest absolute Gasteiger partial charge is 0.313 e. The Labute approximate surface area is 176 Å². The molecule has 1 heterocycles. The molecule has 30 heavy (non-hydrogen) atoms. The van der Waals surface area contributed by atoms with Crippen LogP contribution in [0.1, 0.15) is 11.6 Å². The van der Waals surface area contributed by atoms with Crippen molar-refractivity contribution in [2.45, 2.75) is 6.04 Å². The summed E-state index contributed by atoms with van der Waals surface area (Å²) in [4.78, 5) is 28.7. The predicted molar refractivity (Wildman–Crippen MR) is 116 cm³/mol. The number of benzene rings is 2. The summed E-state index contributed by atoms with van der Waals surface area (Å²) in [6.45, 7) is 1.25. The number of anilines is 2. The third kappa shape index (κ3) is 5.21. The molecule has 2 aromatic rings. The summed E-state index contributed by atoms with van der Waals surface area (Å²) in [5.74, 6) is -0.250. The van der Waals surface area contributed by atoms with Crippen LogP contribution in [0.5, 0.6) is 11.5 Å². The lowest BCUT2D eigenvalue weighted by molar-refractivity contribution is -0.136. The normalized spacial score (nSPS) is 13.5. The van der Waals surface area contributed by atoms with E-state index in [1.807, 2.05) is 62.3 Å². The molecule has 160 valence electrons. The van der Waals surface area contributed by atoms with Gasteiger partial charge in [0.15, 0.2) is 11.5 Å². The number of fused-ring (bicyclic) bond motifs is 1. The zero-order valence-electron chi connectivity index (χ0n) is 17.8. The van der Waals surface area contributed by atoms with Crippen molar-refractivity contribution in [3.8, 4) is 11.5 Å². The van der Waals surface area contributed by atoms with Crippen LogP contribution in [0.15, 0.2) is 42.5 Å². The number of amides is 2. The van der Waals surface area contributed by atoms with E-state index < -0.39 is 11.8 Å². The molecule has 0 unspecified atom stereocenters. The van der Waals surface area contributed by atoms with E-state index in [1.165, 1.54) is 0 Å². The molecule has 8 heteroatoms. The summed E-state index contributed by atoms with van der Waals surface area (Å²) in [7, 11) is 7.84. The largest absolute Gasteiger partial charge is 0.486 e. The van der Waals surface area contributed by atoms with Crippen LogP contribution in [-0.2, 0) is 9.59 Å². The zero-order valence-corrected chi connectivity index (χ0v) is 17.8. The number of rotatable bonds is 6. The van der Waals surface area contributed by atoms with Gasteiger partial charge in [-0.15, -0.1) is 0 Å². The van der Waals surface area contributed by atoms with Crippen molar-refractivity contribution < 1.29 is 19.1 Å². The molecule has 0 saturated carbocycles. The number of carbonyl (C=O) groups is 2. The SMILES string of the molecule is CN(C)c1ccc([C@H](CNC(=O)C(=O)Nc2ccc3c(c2)OCCO3)N(C)C)cc1. The molecule has 0 bridgehead atoms. The first-order valence-electron chi connectivity index (χ1n) is 9.77. The van der Waals surface area contributed by atoms with Gasteiger partial charge in [0.1, 0.15) is 13.2 Å². The van der Waals surface area contributed by atoms with E-state index in [9.17, 15) is 9.59 Å². The van der Waals surface area contributed by atoms with E-state index in [1.54, 1.807) is 18.2 Å². The third-order valence-corrected chi connectivity index (χ3v) is 4.88. The van der Waals surface area contributed by atoms with Crippen molar-refractivity contribution in [3.05, 3.63) is 48.0 Å². The minimum atomic E-state index is -0.730. The molecule has 1 atom stereocenters. The Morgan fingerprint density at radius 3 is 2.23 bits per heavy atom. The highest BCUT2D eigenvalue weighted by Gasteiger charge is 2.20. The molecule has 0 radical (unpaired) electrons. The highest BCUT2D eigenvalue weighted by Crippen LogP contribution is 2.32. The molecule has 0 fully saturated rings. The number of nitrogens with zero attached hydrogens (tertiary/aromatic N) is 2. The van der Waals surface area contributed by atoms with E-state index in [-0.39, 0.29) is 6.04 Å². The second-order valence-corrected chi connectivity index (χ2v) is 7.49. The molecule has 0 aliphatic carbocycles. The average molecular weight is 412 g/mol. The predicted octanol–water partition coefficient (Wildman–Crippen LogP) is 1.88. The molecule has 2 aromatic carbocycles. The molecule has 0 saturated heterocycles. The van der Waals surface area contributed by atoms with Gasteiger partial charge in [0.25, 0.3) is 0 Å². The topological polar surface area (TPSA) is 83.1 Å². The minimum absolute atomic E-state index is 0.0627. The number of hydrogen-bond donors (Lipinski definition) is 2. The monoisotopic (exact) mass is 412 g/mol. The van der Waals surface area contributed by atoms with Crippen molar-refractivity contribution in [1.82, 2.24) is 10.2 Å². The van der Waals surface area contributed by atoms with Gasteiger partial charge in [0, 0.05) is 38.1 Å². The average Bonchev–Trinajstić information content (AvgIpc) is 2.73. The van der Waals surface area contributed by atoms with Gasteiger partial charge in [-0.25, -0.2) is 0 Å². The first-order valence-corrected chi connectivity index (χ1v) is 9.77. The van der Waals surface area contributed by atoms with Crippen LogP contribution in [0, 0.1) is 0 Å². The highest BCUT2D eigenvalue weighted by molar-refractivity contribution is 6.39. The Balaban J connectivity index is 1.59. The van der Waals surface area contributed by atoms with Gasteiger partial charge in [-0.05, 0) is 43.9 Å². The molecule has 1 aliphatic heterocycles. The van der Waals surface area contributed by atoms with Crippen molar-refractivity contribution in [1.29, 1.82) is 0 Å². The summed E-state index contributed by atoms with van der Waals surface area (Å²) < 4.78 is 11.0. The van der Waals surface area contributed by atoms with Crippen molar-refractivity contribution in [2.24, 2.45) is 0 Å². The van der Waals surface area contributed by atoms with E-state index >= 15 is 0 Å². The van der Waals surface area contributed by atoms with Crippen LogP contribution in [-0.4, -0.2) is 64.7 Å². The fourth-order valence-corrected chi connectivity index (χ4v) is 3.17. The molecule has 0 aromatic heterocycles. The molecule has 0 spiro atoms. The van der Waals surface area contributed by atoms with Gasteiger partial charge in [0.2, 0.25) is 0 Å². The van der Waals surface area contributed by atoms with E-state index in [0.717, 1.165) is 11.3 Å². The molecule has 2 amide bonds. The summed E-state index contributed by atoms with van der Waals surface area (Å²) in [6, 6.07) is 13.1. The quantitative estimate of drug-likeness (QED) is 0.705. The van der Waals surface area contributed by atoms with Crippen molar-refractivity contribution >= 4 is 23.2 Å². The molecule has 1 aliphatic rings. The van der Waals surface area contributed by atoms with Gasteiger partial charge in [0.05, 0.1) is 6.04 Å². The fourth-order valence-electron chi connectivity index (χ4n) is 3.17. The summed E-state index contributed by atoms with van der Waals surface area (Å²) in [5, 5.41) is 5.32. The second-order valence-electron chi connectivity index (χ2n) is 7.49. The molecular weight excluding hydrogens is 384 g/mol. The maximum Gasteiger partial charge on any atom is 0.313 e. The fraction of sp³-hybridized carbons (Fsp3) is 0.364. The number of carbonyl (C=O) groups excluding carboxylic acids is 2. The van der Waals surface area contributed by atoms with Crippen LogP contribution in [0.25, 0.3) is 0 Å². The Morgan fingerprint density at radius 2 is 1.60 bits per heavy atom. The van der Waals surface area contributed by atoms with E-state index in [2.05, 4.69) is 10.6 Å². The Kier molecular flexibility index (Phi) is 6.79. The third-order valence-electron chi connectivity index (χ3n) is 4.88. The van der Waals surface area contributed by atoms with E-state index in [4.69, 9.17) is 9.47 Å². The van der Waals surface area contributed by atoms with Crippen LogP contribution in [0.2, 0.25) is 0 Å². The lowest BCUT2D eigenvalue weighted by Gasteiger charge is -2.25. The summed E-state index contributed by atoms with van der Waals surface area (Å²) in [5.41, 5.74) is 2.63. The van der Waals surface area contributed by atoms with Gasteiger partial charge < -0.3 is 29.9 Å². The van der Waals surface area contributed by atoms with Gasteiger partial charge >= 0.3 is 11.8 Å². The van der Waals surface area contributed by atoms with Gasteiger partial charge in [-0.3, -0.25) is 9.59 Å². The lowest BCUT2D eigenvalue weighted by atomic mass is 10.1. The number of nitrogens with one attached hydrogen (secondary N) is 2. The number of ether oxygens (including phenoxy) is 2. The minimum Gasteiger partial charge on any atom is -0.486 e. The lowest BCUT2D eigenvalue weighted by Crippen LogP contribution is -2.40. The molecule has 8 nitrogen and oxygen atoms in total. The number of likely N-dealkylation sites (N-methyl/N-ethyl adjacent to an activating group) is 1. The van der Waals surface area contributed by atoms with Crippen LogP contribution in [0.4, 0.5) is 11.4 Å². The Morgan fingerprint density at radius 1 is 0.933 bits per heavy atom. The van der Waals surface area contributed by atoms with Crippen molar-refractivity contribution in [2.75, 3.05) is 58.2 Å². The van der Waals surface area contributed by atoms with Crippen LogP contribution >= 0.6 is 0 Å². The summed E-state index contributed by atoms with van der Waals surface area (Å²) >= 11 is 0. The first-order chi connectivity index (χ1) is 14.3. The Hall–Kier alpha value is -3.26. The Bertz CT molecular complexity index is 897. The molecular formula is C22H28N4O4. The van der Waals surface area contributed by atoms with Gasteiger partial charge in [-0.1, -0.05) is 12.1 Å². The maximum absolute atomic E-state index is 12.3. The number of hydrogen-bond acceptors (Lipinski definition) is 6. The zero-order chi connectivity index (χ0) is 21.7. The highest BCUT2D eigenvalue weighted by atomic mass is 16.6. The molecule has 2 N–H and O–H groups in total. The first kappa shape index (κ1) is 21.4. The molecule has 3 rings (SSSR count).